The summed E-state index contributed by atoms with van der Waals surface area (Å²) in [6.07, 6.45) is 1.87. The lowest BCUT2D eigenvalue weighted by molar-refractivity contribution is -0.122. The highest BCUT2D eigenvalue weighted by molar-refractivity contribution is 7.19. The zero-order chi connectivity index (χ0) is 15.7. The summed E-state index contributed by atoms with van der Waals surface area (Å²) in [7, 11) is 0. The van der Waals surface area contributed by atoms with E-state index in [0.29, 0.717) is 6.54 Å². The number of halogens is 1. The van der Waals surface area contributed by atoms with Crippen molar-refractivity contribution in [1.82, 2.24) is 4.98 Å². The van der Waals surface area contributed by atoms with Gasteiger partial charge >= 0.3 is 0 Å². The van der Waals surface area contributed by atoms with E-state index < -0.39 is 0 Å². The summed E-state index contributed by atoms with van der Waals surface area (Å²) in [5, 5.41) is 2.83. The quantitative estimate of drug-likeness (QED) is 0.934. The summed E-state index contributed by atoms with van der Waals surface area (Å²) in [5.41, 5.74) is 7.53. The van der Waals surface area contributed by atoms with E-state index in [0.717, 1.165) is 45.7 Å². The number of aryl methyl sites for hydroxylation is 1. The van der Waals surface area contributed by atoms with E-state index in [2.05, 4.69) is 9.88 Å². The fourth-order valence-electron chi connectivity index (χ4n) is 2.79. The molecule has 6 heteroatoms. The van der Waals surface area contributed by atoms with E-state index in [1.807, 2.05) is 31.2 Å². The molecule has 2 N–H and O–H groups in total. The largest absolute Gasteiger partial charge is 0.369 e. The number of carbonyl (C=O) groups excluding carboxylic acids is 1. The summed E-state index contributed by atoms with van der Waals surface area (Å²) < 4.78 is 0. The number of hydrogen-bond donors (Lipinski definition) is 1. The minimum absolute atomic E-state index is 0.0609. The Morgan fingerprint density at radius 2 is 2.14 bits per heavy atom. The molecule has 1 aliphatic heterocycles. The zero-order valence-electron chi connectivity index (χ0n) is 12.4. The van der Waals surface area contributed by atoms with Gasteiger partial charge in [0.05, 0.1) is 11.6 Å². The van der Waals surface area contributed by atoms with Crippen molar-refractivity contribution in [2.75, 3.05) is 18.0 Å². The first-order valence-electron chi connectivity index (χ1n) is 7.32. The molecule has 0 aliphatic carbocycles. The maximum Gasteiger partial charge on any atom is 0.222 e. The van der Waals surface area contributed by atoms with Crippen molar-refractivity contribution in [1.29, 1.82) is 0 Å². The van der Waals surface area contributed by atoms with Crippen molar-refractivity contribution < 1.29 is 4.79 Å². The molecule has 0 radical (unpaired) electrons. The van der Waals surface area contributed by atoms with Crippen molar-refractivity contribution in [3.05, 3.63) is 35.0 Å². The molecular weight excluding hydrogens is 318 g/mol. The number of amides is 1. The van der Waals surface area contributed by atoms with Gasteiger partial charge in [-0.25, -0.2) is 4.98 Å². The van der Waals surface area contributed by atoms with Crippen LogP contribution in [-0.4, -0.2) is 24.0 Å². The van der Waals surface area contributed by atoms with Gasteiger partial charge in [-0.05, 0) is 31.9 Å². The average Bonchev–Trinajstić information content (AvgIpc) is 2.90. The molecule has 1 aromatic carbocycles. The molecule has 0 spiro atoms. The number of rotatable bonds is 3. The molecule has 1 aromatic heterocycles. The fourth-order valence-corrected chi connectivity index (χ4v) is 4.03. The summed E-state index contributed by atoms with van der Waals surface area (Å²) in [6.45, 7) is 3.66. The average molecular weight is 336 g/mol. The fraction of sp³-hybridized carbons (Fsp3) is 0.375. The highest BCUT2D eigenvalue weighted by atomic mass is 35.5. The van der Waals surface area contributed by atoms with E-state index >= 15 is 0 Å². The molecule has 1 amide bonds. The molecule has 2 aromatic rings. The van der Waals surface area contributed by atoms with Crippen LogP contribution in [0.5, 0.6) is 0 Å². The van der Waals surface area contributed by atoms with Crippen molar-refractivity contribution in [2.24, 2.45) is 11.7 Å². The van der Waals surface area contributed by atoms with Crippen LogP contribution >= 0.6 is 22.9 Å². The molecule has 1 fully saturated rings. The van der Waals surface area contributed by atoms with E-state index in [4.69, 9.17) is 17.3 Å². The van der Waals surface area contributed by atoms with Gasteiger partial charge in [0.15, 0.2) is 0 Å². The van der Waals surface area contributed by atoms with Gasteiger partial charge in [0, 0.05) is 23.7 Å². The minimum Gasteiger partial charge on any atom is -0.369 e. The van der Waals surface area contributed by atoms with Crippen LogP contribution in [0.3, 0.4) is 0 Å². The van der Waals surface area contributed by atoms with Gasteiger partial charge in [0.25, 0.3) is 0 Å². The van der Waals surface area contributed by atoms with Gasteiger partial charge < -0.3 is 10.6 Å². The second-order valence-electron chi connectivity index (χ2n) is 5.60. The number of nitrogens with two attached hydrogens (primary N) is 1. The first kappa shape index (κ1) is 15.3. The Labute approximate surface area is 138 Å². The van der Waals surface area contributed by atoms with Crippen LogP contribution in [0.25, 0.3) is 10.6 Å². The summed E-state index contributed by atoms with van der Waals surface area (Å²) in [4.78, 5) is 18.4. The number of piperidine rings is 1. The SMILES string of the molecule is Cc1nc(-c2ccc(Cl)cc2)sc1N1CCCC(C(N)=O)C1. The standard InChI is InChI=1S/C16H18ClN3OS/c1-10-16(20-8-2-3-12(9-20)14(18)21)22-15(19-10)11-4-6-13(17)7-5-11/h4-7,12H,2-3,8-9H2,1H3,(H2,18,21). The molecule has 1 atom stereocenters. The van der Waals surface area contributed by atoms with Crippen LogP contribution in [0.2, 0.25) is 5.02 Å². The second-order valence-corrected chi connectivity index (χ2v) is 7.02. The van der Waals surface area contributed by atoms with Crippen molar-refractivity contribution in [3.63, 3.8) is 0 Å². The molecule has 1 aliphatic rings. The molecule has 1 unspecified atom stereocenters. The highest BCUT2D eigenvalue weighted by Gasteiger charge is 2.26. The number of carbonyl (C=O) groups is 1. The third-order valence-electron chi connectivity index (χ3n) is 3.97. The highest BCUT2D eigenvalue weighted by Crippen LogP contribution is 2.36. The third kappa shape index (κ3) is 3.10. The number of hydrogen-bond acceptors (Lipinski definition) is 4. The Morgan fingerprint density at radius 1 is 1.41 bits per heavy atom. The van der Waals surface area contributed by atoms with Crippen LogP contribution in [-0.2, 0) is 4.79 Å². The molecule has 0 saturated carbocycles. The monoisotopic (exact) mass is 335 g/mol. The van der Waals surface area contributed by atoms with Crippen LogP contribution in [0, 0.1) is 12.8 Å². The predicted octanol–water partition coefficient (Wildman–Crippen LogP) is 3.47. The van der Waals surface area contributed by atoms with E-state index in [9.17, 15) is 4.79 Å². The Balaban J connectivity index is 1.86. The first-order chi connectivity index (χ1) is 10.5. The van der Waals surface area contributed by atoms with Crippen LogP contribution in [0.15, 0.2) is 24.3 Å². The molecule has 0 bridgehead atoms. The molecule has 2 heterocycles. The number of anilines is 1. The van der Waals surface area contributed by atoms with Gasteiger partial charge in [0.2, 0.25) is 5.91 Å². The number of thiazole rings is 1. The number of benzene rings is 1. The third-order valence-corrected chi connectivity index (χ3v) is 5.49. The Hall–Kier alpha value is -1.59. The number of primary amides is 1. The van der Waals surface area contributed by atoms with Gasteiger partial charge in [-0.15, -0.1) is 0 Å². The Morgan fingerprint density at radius 3 is 2.82 bits per heavy atom. The maximum atomic E-state index is 11.4. The van der Waals surface area contributed by atoms with Gasteiger partial charge in [-0.2, -0.15) is 0 Å². The summed E-state index contributed by atoms with van der Waals surface area (Å²) in [5.74, 6) is -0.265. The zero-order valence-corrected chi connectivity index (χ0v) is 14.0. The Kier molecular flexibility index (Phi) is 4.36. The predicted molar refractivity (Wildman–Crippen MR) is 91.4 cm³/mol. The van der Waals surface area contributed by atoms with Crippen molar-refractivity contribution in [3.8, 4) is 10.6 Å². The molecule has 22 heavy (non-hydrogen) atoms. The molecule has 1 saturated heterocycles. The lowest BCUT2D eigenvalue weighted by Crippen LogP contribution is -2.41. The maximum absolute atomic E-state index is 11.4. The van der Waals surface area contributed by atoms with Gasteiger partial charge in [-0.3, -0.25) is 4.79 Å². The minimum atomic E-state index is -0.204. The normalized spacial score (nSPS) is 18.5. The smallest absolute Gasteiger partial charge is 0.222 e. The molecule has 4 nitrogen and oxygen atoms in total. The van der Waals surface area contributed by atoms with Crippen LogP contribution in [0.1, 0.15) is 18.5 Å². The van der Waals surface area contributed by atoms with E-state index in [-0.39, 0.29) is 11.8 Å². The number of aromatic nitrogens is 1. The van der Waals surface area contributed by atoms with Crippen molar-refractivity contribution in [2.45, 2.75) is 19.8 Å². The summed E-state index contributed by atoms with van der Waals surface area (Å²) in [6, 6.07) is 7.70. The topological polar surface area (TPSA) is 59.2 Å². The molecule has 3 rings (SSSR count). The van der Waals surface area contributed by atoms with Crippen molar-refractivity contribution >= 4 is 33.8 Å². The lowest BCUT2D eigenvalue weighted by Gasteiger charge is -2.32. The van der Waals surface area contributed by atoms with Crippen LogP contribution in [0.4, 0.5) is 5.00 Å². The van der Waals surface area contributed by atoms with Gasteiger partial charge in [-0.1, -0.05) is 35.1 Å². The molecular formula is C16H18ClN3OS. The Bertz CT molecular complexity index is 683. The van der Waals surface area contributed by atoms with Gasteiger partial charge in [0.1, 0.15) is 10.0 Å². The second kappa shape index (κ2) is 6.26. The lowest BCUT2D eigenvalue weighted by atomic mass is 9.98. The first-order valence-corrected chi connectivity index (χ1v) is 8.51. The van der Waals surface area contributed by atoms with E-state index in [1.54, 1.807) is 11.3 Å². The number of nitrogens with zero attached hydrogens (tertiary/aromatic N) is 2. The molecule has 116 valence electrons. The summed E-state index contributed by atoms with van der Waals surface area (Å²) >= 11 is 7.59. The van der Waals surface area contributed by atoms with E-state index in [1.165, 1.54) is 0 Å². The van der Waals surface area contributed by atoms with Crippen LogP contribution < -0.4 is 10.6 Å².